The molecule has 3 aromatic heterocycles. The van der Waals surface area contributed by atoms with Gasteiger partial charge in [0.25, 0.3) is 0 Å². The normalized spacial score (nSPS) is 11.3. The predicted octanol–water partition coefficient (Wildman–Crippen LogP) is 11.8. The molecule has 0 unspecified atom stereocenters. The van der Waals surface area contributed by atoms with Gasteiger partial charge < -0.3 is 9.30 Å². The minimum atomic E-state index is 0. The molecular formula is C45H46N4OPt. The number of hydrogen-bond donors (Lipinski definition) is 0. The summed E-state index contributed by atoms with van der Waals surface area (Å²) < 4.78 is 10.9. The number of pyridine rings is 1. The first kappa shape index (κ1) is 36.3. The van der Waals surface area contributed by atoms with Gasteiger partial charge in [0.15, 0.2) is 0 Å². The third-order valence-electron chi connectivity index (χ3n) is 9.67. The van der Waals surface area contributed by atoms with Crippen LogP contribution in [0.4, 0.5) is 0 Å². The van der Waals surface area contributed by atoms with Crippen molar-refractivity contribution in [1.29, 1.82) is 0 Å². The minimum absolute atomic E-state index is 0. The molecule has 0 aliphatic heterocycles. The Labute approximate surface area is 317 Å². The van der Waals surface area contributed by atoms with E-state index in [1.54, 1.807) is 0 Å². The number of aryl methyl sites for hydroxylation is 4. The van der Waals surface area contributed by atoms with Crippen molar-refractivity contribution < 1.29 is 25.8 Å². The first-order valence-electron chi connectivity index (χ1n) is 18.2. The van der Waals surface area contributed by atoms with Crippen molar-refractivity contribution in [1.82, 2.24) is 19.3 Å². The summed E-state index contributed by atoms with van der Waals surface area (Å²) in [6.07, 6.45) is 11.1. The van der Waals surface area contributed by atoms with Crippen molar-refractivity contribution in [3.63, 3.8) is 0 Å². The molecule has 0 saturated carbocycles. The summed E-state index contributed by atoms with van der Waals surface area (Å²) >= 11 is 0. The Morgan fingerprint density at radius 3 is 2.29 bits per heavy atom. The Morgan fingerprint density at radius 2 is 1.51 bits per heavy atom. The van der Waals surface area contributed by atoms with Crippen LogP contribution in [0.2, 0.25) is 0 Å². The predicted molar refractivity (Wildman–Crippen MR) is 206 cm³/mol. The third kappa shape index (κ3) is 7.75. The number of ether oxygens (including phenoxy) is 1. The Kier molecular flexibility index (Phi) is 11.6. The topological polar surface area (TPSA) is 44.9 Å². The Bertz CT molecular complexity index is 2270. The number of hydrogen-bond acceptors (Lipinski definition) is 3. The largest absolute Gasteiger partial charge is 2.00 e. The van der Waals surface area contributed by atoms with Crippen LogP contribution in [0, 0.1) is 32.9 Å². The summed E-state index contributed by atoms with van der Waals surface area (Å²) in [7, 11) is 0. The van der Waals surface area contributed by atoms with Crippen molar-refractivity contribution in [2.75, 3.05) is 0 Å². The number of unbranched alkanes of at least 4 members (excludes halogenated alkanes) is 4. The Balaban J connectivity index is 0.00000448. The molecule has 262 valence electrons. The van der Waals surface area contributed by atoms with Gasteiger partial charge in [-0.05, 0) is 79.6 Å². The van der Waals surface area contributed by atoms with Gasteiger partial charge in [-0.15, -0.1) is 35.7 Å². The van der Waals surface area contributed by atoms with Crippen LogP contribution in [0.1, 0.15) is 80.5 Å². The molecule has 51 heavy (non-hydrogen) atoms. The molecule has 3 heterocycles. The van der Waals surface area contributed by atoms with Gasteiger partial charge in [0.05, 0.1) is 5.69 Å². The van der Waals surface area contributed by atoms with E-state index in [0.717, 1.165) is 81.7 Å². The van der Waals surface area contributed by atoms with Crippen molar-refractivity contribution in [2.45, 2.75) is 86.0 Å². The van der Waals surface area contributed by atoms with Crippen LogP contribution in [-0.2, 0) is 33.9 Å². The van der Waals surface area contributed by atoms with E-state index >= 15 is 0 Å². The van der Waals surface area contributed by atoms with E-state index in [-0.39, 0.29) is 21.1 Å². The standard InChI is InChI=1S/C45H46N4O.Pt/c1-6-8-10-12-16-34-19-22-42-41(28-34)40-21-20-38(30-43(40)48(42)44-25-31(3)23-24-46-44)50-39-27-35(15-9-7-2)26-37(29-39)49-33(5)45(32(4)47-49)36-17-13-11-14-18-36;/h11,13-14,17-28H,6-10,12,15-16H2,1-5H3;/q-2;+2. The number of aromatic nitrogens is 4. The average molecular weight is 854 g/mol. The molecule has 7 rings (SSSR count). The van der Waals surface area contributed by atoms with Crippen molar-refractivity contribution >= 4 is 21.8 Å². The Morgan fingerprint density at radius 1 is 0.706 bits per heavy atom. The van der Waals surface area contributed by atoms with Crippen LogP contribution < -0.4 is 4.74 Å². The van der Waals surface area contributed by atoms with Gasteiger partial charge in [0, 0.05) is 34.5 Å². The summed E-state index contributed by atoms with van der Waals surface area (Å²) in [5, 5.41) is 7.35. The summed E-state index contributed by atoms with van der Waals surface area (Å²) in [6, 6.07) is 37.3. The van der Waals surface area contributed by atoms with E-state index in [1.807, 2.05) is 29.1 Å². The first-order chi connectivity index (χ1) is 24.4. The maximum atomic E-state index is 6.66. The van der Waals surface area contributed by atoms with Gasteiger partial charge >= 0.3 is 21.1 Å². The quantitative estimate of drug-likeness (QED) is 0.0857. The molecule has 0 saturated heterocycles. The minimum Gasteiger partial charge on any atom is -0.509 e. The fraction of sp³-hybridized carbons (Fsp3) is 0.289. The van der Waals surface area contributed by atoms with Crippen LogP contribution >= 0.6 is 0 Å². The first-order valence-corrected chi connectivity index (χ1v) is 18.2. The van der Waals surface area contributed by atoms with Crippen molar-refractivity contribution in [3.05, 3.63) is 131 Å². The molecule has 0 aliphatic rings. The van der Waals surface area contributed by atoms with E-state index in [1.165, 1.54) is 42.2 Å². The zero-order valence-electron chi connectivity index (χ0n) is 30.3. The van der Waals surface area contributed by atoms with Gasteiger partial charge in [0.2, 0.25) is 0 Å². The SMILES string of the molecule is CCCCCCc1ccc2c(c1)c1ccc(Oc3[c-]c(-n4nc(C)c(-c5ccccc5)c4C)cc(CCCC)c3)[c-]c1n2-c1cc(C)ccn1.[Pt+2]. The van der Waals surface area contributed by atoms with Crippen LogP contribution in [0.15, 0.2) is 91.1 Å². The molecule has 0 amide bonds. The molecule has 0 fully saturated rings. The van der Waals surface area contributed by atoms with E-state index in [4.69, 9.17) is 14.8 Å². The van der Waals surface area contributed by atoms with Gasteiger partial charge in [-0.3, -0.25) is 4.68 Å². The monoisotopic (exact) mass is 853 g/mol. The zero-order chi connectivity index (χ0) is 34.6. The molecule has 0 bridgehead atoms. The van der Waals surface area contributed by atoms with Crippen LogP contribution in [0.5, 0.6) is 11.5 Å². The molecule has 0 N–H and O–H groups in total. The number of nitrogens with zero attached hydrogens (tertiary/aromatic N) is 4. The summed E-state index contributed by atoms with van der Waals surface area (Å²) in [5.41, 5.74) is 11.1. The summed E-state index contributed by atoms with van der Waals surface area (Å²) in [5.74, 6) is 2.18. The fourth-order valence-electron chi connectivity index (χ4n) is 7.12. The number of fused-ring (bicyclic) bond motifs is 3. The van der Waals surface area contributed by atoms with Gasteiger partial charge in [0.1, 0.15) is 5.82 Å². The molecule has 0 atom stereocenters. The van der Waals surface area contributed by atoms with Crippen LogP contribution in [-0.4, -0.2) is 19.3 Å². The number of rotatable bonds is 13. The average Bonchev–Trinajstić information content (AvgIpc) is 3.61. The second kappa shape index (κ2) is 16.3. The molecule has 0 spiro atoms. The smallest absolute Gasteiger partial charge is 0.509 e. The molecule has 5 nitrogen and oxygen atoms in total. The van der Waals surface area contributed by atoms with E-state index < -0.39 is 0 Å². The number of benzene rings is 4. The summed E-state index contributed by atoms with van der Waals surface area (Å²) in [4.78, 5) is 4.80. The van der Waals surface area contributed by atoms with E-state index in [0.29, 0.717) is 11.5 Å². The van der Waals surface area contributed by atoms with E-state index in [9.17, 15) is 0 Å². The fourth-order valence-corrected chi connectivity index (χ4v) is 7.12. The van der Waals surface area contributed by atoms with Gasteiger partial charge in [-0.2, -0.15) is 16.7 Å². The maximum Gasteiger partial charge on any atom is 2.00 e. The van der Waals surface area contributed by atoms with Gasteiger partial charge in [-0.1, -0.05) is 100 Å². The van der Waals surface area contributed by atoms with E-state index in [2.05, 4.69) is 118 Å². The molecule has 4 aromatic carbocycles. The maximum absolute atomic E-state index is 6.66. The van der Waals surface area contributed by atoms with Crippen molar-refractivity contribution in [2.24, 2.45) is 0 Å². The second-order valence-electron chi connectivity index (χ2n) is 13.5. The Hall–Kier alpha value is -4.47. The second-order valence-corrected chi connectivity index (χ2v) is 13.5. The molecule has 7 aromatic rings. The molecule has 6 heteroatoms. The molecular weight excluding hydrogens is 808 g/mol. The van der Waals surface area contributed by atoms with Crippen LogP contribution in [0.3, 0.4) is 0 Å². The summed E-state index contributed by atoms with van der Waals surface area (Å²) in [6.45, 7) is 10.8. The molecule has 0 radical (unpaired) electrons. The van der Waals surface area contributed by atoms with Crippen molar-refractivity contribution in [3.8, 4) is 34.1 Å². The zero-order valence-corrected chi connectivity index (χ0v) is 32.6. The third-order valence-corrected chi connectivity index (χ3v) is 9.67. The molecule has 0 aliphatic carbocycles. The van der Waals surface area contributed by atoms with Gasteiger partial charge in [-0.25, -0.2) is 4.98 Å². The van der Waals surface area contributed by atoms with Crippen LogP contribution in [0.25, 0.3) is 44.4 Å².